The first kappa shape index (κ1) is 10.4. The van der Waals surface area contributed by atoms with Gasteiger partial charge in [0.25, 0.3) is 0 Å². The fourth-order valence-corrected chi connectivity index (χ4v) is 0.920. The van der Waals surface area contributed by atoms with Crippen LogP contribution < -0.4 is 5.32 Å². The number of hydrogen-bond acceptors (Lipinski definition) is 5. The maximum atomic E-state index is 10.5. The zero-order chi connectivity index (χ0) is 10.6. The van der Waals surface area contributed by atoms with E-state index >= 15 is 0 Å². The summed E-state index contributed by atoms with van der Waals surface area (Å²) in [5.74, 6) is 0.0925. The van der Waals surface area contributed by atoms with E-state index in [1.165, 1.54) is 0 Å². The van der Waals surface area contributed by atoms with Crippen LogP contribution in [0.25, 0.3) is 0 Å². The number of anilines is 1. The number of nitro groups is 1. The van der Waals surface area contributed by atoms with E-state index in [-0.39, 0.29) is 16.8 Å². The third kappa shape index (κ3) is 2.40. The SMILES string of the molecule is C=CCNc1nc(Cl)ncc1[N+](=O)[O-]. The van der Waals surface area contributed by atoms with Gasteiger partial charge in [0.1, 0.15) is 6.20 Å². The van der Waals surface area contributed by atoms with E-state index in [4.69, 9.17) is 11.6 Å². The molecule has 0 aromatic carbocycles. The summed E-state index contributed by atoms with van der Waals surface area (Å²) in [6.07, 6.45) is 2.61. The Morgan fingerprint density at radius 2 is 2.50 bits per heavy atom. The summed E-state index contributed by atoms with van der Waals surface area (Å²) in [4.78, 5) is 17.1. The van der Waals surface area contributed by atoms with Gasteiger partial charge in [0, 0.05) is 6.54 Å². The number of rotatable bonds is 4. The predicted molar refractivity (Wildman–Crippen MR) is 52.4 cm³/mol. The quantitative estimate of drug-likeness (QED) is 0.357. The van der Waals surface area contributed by atoms with Crippen molar-refractivity contribution in [3.8, 4) is 0 Å². The molecule has 0 aliphatic rings. The molecule has 6 nitrogen and oxygen atoms in total. The maximum absolute atomic E-state index is 10.5. The second kappa shape index (κ2) is 4.52. The van der Waals surface area contributed by atoms with E-state index in [0.717, 1.165) is 6.20 Å². The monoisotopic (exact) mass is 214 g/mol. The average molecular weight is 215 g/mol. The topological polar surface area (TPSA) is 81.0 Å². The Kier molecular flexibility index (Phi) is 3.35. The lowest BCUT2D eigenvalue weighted by atomic mass is 10.4. The molecule has 0 aliphatic carbocycles. The Balaban J connectivity index is 3.02. The summed E-state index contributed by atoms with van der Waals surface area (Å²) in [6.45, 7) is 3.83. The number of halogens is 1. The van der Waals surface area contributed by atoms with Gasteiger partial charge in [0.15, 0.2) is 0 Å². The van der Waals surface area contributed by atoms with Crippen LogP contribution in [-0.2, 0) is 0 Å². The highest BCUT2D eigenvalue weighted by Gasteiger charge is 2.15. The van der Waals surface area contributed by atoms with Crippen molar-refractivity contribution in [3.05, 3.63) is 34.2 Å². The number of nitrogens with zero attached hydrogens (tertiary/aromatic N) is 3. The zero-order valence-electron chi connectivity index (χ0n) is 7.11. The Morgan fingerprint density at radius 3 is 3.07 bits per heavy atom. The summed E-state index contributed by atoms with van der Waals surface area (Å²) >= 11 is 5.49. The van der Waals surface area contributed by atoms with Crippen LogP contribution in [0.5, 0.6) is 0 Å². The van der Waals surface area contributed by atoms with Crippen LogP contribution in [0.2, 0.25) is 5.28 Å². The van der Waals surface area contributed by atoms with E-state index in [9.17, 15) is 10.1 Å². The van der Waals surface area contributed by atoms with Gasteiger partial charge >= 0.3 is 5.69 Å². The van der Waals surface area contributed by atoms with Gasteiger partial charge in [-0.2, -0.15) is 4.98 Å². The first-order valence-electron chi connectivity index (χ1n) is 3.67. The molecule has 14 heavy (non-hydrogen) atoms. The molecule has 1 aromatic rings. The Hall–Kier alpha value is -1.69. The maximum Gasteiger partial charge on any atom is 0.329 e. The second-order valence-electron chi connectivity index (χ2n) is 2.30. The second-order valence-corrected chi connectivity index (χ2v) is 2.64. The molecule has 1 N–H and O–H groups in total. The van der Waals surface area contributed by atoms with Gasteiger partial charge in [-0.3, -0.25) is 10.1 Å². The molecule has 1 aromatic heterocycles. The highest BCUT2D eigenvalue weighted by molar-refractivity contribution is 6.28. The molecule has 74 valence electrons. The van der Waals surface area contributed by atoms with Crippen molar-refractivity contribution < 1.29 is 4.92 Å². The van der Waals surface area contributed by atoms with Gasteiger partial charge in [-0.1, -0.05) is 6.08 Å². The summed E-state index contributed by atoms with van der Waals surface area (Å²) in [7, 11) is 0. The van der Waals surface area contributed by atoms with Gasteiger partial charge in [-0.05, 0) is 11.6 Å². The van der Waals surface area contributed by atoms with Crippen LogP contribution >= 0.6 is 11.6 Å². The third-order valence-electron chi connectivity index (χ3n) is 1.35. The highest BCUT2D eigenvalue weighted by Crippen LogP contribution is 2.21. The van der Waals surface area contributed by atoms with Gasteiger partial charge in [-0.15, -0.1) is 6.58 Å². The van der Waals surface area contributed by atoms with Crippen molar-refractivity contribution in [2.45, 2.75) is 0 Å². The Bertz CT molecular complexity index is 369. The van der Waals surface area contributed by atoms with E-state index in [1.54, 1.807) is 6.08 Å². The smallest absolute Gasteiger partial charge is 0.329 e. The van der Waals surface area contributed by atoms with Crippen molar-refractivity contribution in [2.24, 2.45) is 0 Å². The van der Waals surface area contributed by atoms with Gasteiger partial charge in [0.05, 0.1) is 4.92 Å². The molecule has 0 atom stereocenters. The van der Waals surface area contributed by atoms with Crippen molar-refractivity contribution in [3.63, 3.8) is 0 Å². The molecule has 0 bridgehead atoms. The molecule has 0 fully saturated rings. The Morgan fingerprint density at radius 1 is 1.79 bits per heavy atom. The van der Waals surface area contributed by atoms with Crippen LogP contribution in [0.3, 0.4) is 0 Å². The van der Waals surface area contributed by atoms with Crippen LogP contribution in [0.1, 0.15) is 0 Å². The van der Waals surface area contributed by atoms with Gasteiger partial charge in [0.2, 0.25) is 11.1 Å². The Labute approximate surface area is 84.8 Å². The molecule has 1 heterocycles. The summed E-state index contributed by atoms with van der Waals surface area (Å²) in [6, 6.07) is 0. The van der Waals surface area contributed by atoms with Crippen molar-refractivity contribution in [1.29, 1.82) is 0 Å². The largest absolute Gasteiger partial charge is 0.361 e. The molecular formula is C7H7ClN4O2. The molecule has 0 unspecified atom stereocenters. The van der Waals surface area contributed by atoms with Crippen LogP contribution in [-0.4, -0.2) is 21.4 Å². The van der Waals surface area contributed by atoms with Crippen molar-refractivity contribution in [1.82, 2.24) is 9.97 Å². The highest BCUT2D eigenvalue weighted by atomic mass is 35.5. The van der Waals surface area contributed by atoms with Gasteiger partial charge < -0.3 is 5.32 Å². The summed E-state index contributed by atoms with van der Waals surface area (Å²) in [5, 5.41) is 13.2. The fraction of sp³-hybridized carbons (Fsp3) is 0.143. The average Bonchev–Trinajstić information content (AvgIpc) is 2.14. The molecule has 7 heteroatoms. The van der Waals surface area contributed by atoms with E-state index in [2.05, 4.69) is 21.9 Å². The molecule has 0 aliphatic heterocycles. The van der Waals surface area contributed by atoms with E-state index in [1.807, 2.05) is 0 Å². The van der Waals surface area contributed by atoms with Crippen molar-refractivity contribution >= 4 is 23.1 Å². The summed E-state index contributed by atoms with van der Waals surface area (Å²) in [5.41, 5.74) is -0.212. The molecule has 0 saturated heterocycles. The van der Waals surface area contributed by atoms with Gasteiger partial charge in [-0.25, -0.2) is 4.98 Å². The number of nitrogens with one attached hydrogen (secondary N) is 1. The summed E-state index contributed by atoms with van der Waals surface area (Å²) < 4.78 is 0. The first-order valence-corrected chi connectivity index (χ1v) is 4.04. The minimum Gasteiger partial charge on any atom is -0.361 e. The van der Waals surface area contributed by atoms with Crippen LogP contribution in [0, 0.1) is 10.1 Å². The van der Waals surface area contributed by atoms with E-state index in [0.29, 0.717) is 6.54 Å². The van der Waals surface area contributed by atoms with Crippen LogP contribution in [0.4, 0.5) is 11.5 Å². The van der Waals surface area contributed by atoms with Crippen LogP contribution in [0.15, 0.2) is 18.9 Å². The standard InChI is InChI=1S/C7H7ClN4O2/c1-2-3-9-6-5(12(13)14)4-10-7(8)11-6/h2,4H,1,3H2,(H,9,10,11). The zero-order valence-corrected chi connectivity index (χ0v) is 7.86. The van der Waals surface area contributed by atoms with Crippen molar-refractivity contribution in [2.75, 3.05) is 11.9 Å². The van der Waals surface area contributed by atoms with E-state index < -0.39 is 4.92 Å². The molecular weight excluding hydrogens is 208 g/mol. The molecule has 0 saturated carbocycles. The lowest BCUT2D eigenvalue weighted by Gasteiger charge is -2.02. The first-order chi connectivity index (χ1) is 6.65. The number of aromatic nitrogens is 2. The third-order valence-corrected chi connectivity index (χ3v) is 1.53. The molecule has 0 amide bonds. The molecule has 0 spiro atoms. The lowest BCUT2D eigenvalue weighted by Crippen LogP contribution is -2.05. The normalized spacial score (nSPS) is 9.50. The predicted octanol–water partition coefficient (Wildman–Crippen LogP) is 1.64. The molecule has 1 rings (SSSR count). The fourth-order valence-electron chi connectivity index (χ4n) is 0.786. The number of hydrogen-bond donors (Lipinski definition) is 1. The minimum absolute atomic E-state index is 0.0397. The molecule has 0 radical (unpaired) electrons. The minimum atomic E-state index is -0.582. The lowest BCUT2D eigenvalue weighted by molar-refractivity contribution is -0.384.